The summed E-state index contributed by atoms with van der Waals surface area (Å²) in [5.41, 5.74) is 11.6. The van der Waals surface area contributed by atoms with Crippen molar-refractivity contribution in [3.05, 3.63) is 46.0 Å². The van der Waals surface area contributed by atoms with Crippen molar-refractivity contribution in [2.45, 2.75) is 27.2 Å². The third-order valence-corrected chi connectivity index (χ3v) is 5.60. The van der Waals surface area contributed by atoms with Gasteiger partial charge in [0.25, 0.3) is 0 Å². The van der Waals surface area contributed by atoms with Crippen LogP contribution in [-0.4, -0.2) is 48.6 Å². The lowest BCUT2D eigenvalue weighted by Crippen LogP contribution is -2.51. The van der Waals surface area contributed by atoms with Gasteiger partial charge in [-0.1, -0.05) is 17.7 Å². The van der Waals surface area contributed by atoms with Gasteiger partial charge in [-0.3, -0.25) is 4.99 Å². The van der Waals surface area contributed by atoms with Crippen molar-refractivity contribution in [1.82, 2.24) is 9.88 Å². The van der Waals surface area contributed by atoms with Crippen LogP contribution >= 0.6 is 35.3 Å². The van der Waals surface area contributed by atoms with Crippen LogP contribution in [-0.2, 0) is 6.42 Å². The first-order valence-corrected chi connectivity index (χ1v) is 9.68. The van der Waals surface area contributed by atoms with Crippen molar-refractivity contribution >= 4 is 46.4 Å². The number of aryl methyl sites for hydroxylation is 3. The van der Waals surface area contributed by atoms with Gasteiger partial charge in [0.05, 0.1) is 0 Å². The Morgan fingerprint density at radius 2 is 1.81 bits per heavy atom. The number of aliphatic imine (C=N–C) groups is 1. The highest BCUT2D eigenvalue weighted by Gasteiger charge is 2.19. The predicted molar refractivity (Wildman–Crippen MR) is 122 cm³/mol. The summed E-state index contributed by atoms with van der Waals surface area (Å²) in [4.78, 5) is 13.5. The standard InChI is InChI=1S/C19H27N5S.HI/c1-14-12-15(2)17(16(3)13-14)4-5-21-18(20)23-7-9-24(10-8-23)19-22-6-11-25-19;/h6,11-13H,4-5,7-10H2,1-3H3,(H2,20,21);1H. The molecule has 0 radical (unpaired) electrons. The Balaban J connectivity index is 0.00000243. The summed E-state index contributed by atoms with van der Waals surface area (Å²) in [6.07, 6.45) is 2.80. The highest BCUT2D eigenvalue weighted by molar-refractivity contribution is 14.0. The van der Waals surface area contributed by atoms with E-state index in [0.717, 1.165) is 44.3 Å². The van der Waals surface area contributed by atoms with Gasteiger partial charge in [0, 0.05) is 44.3 Å². The lowest BCUT2D eigenvalue weighted by atomic mass is 9.97. The number of aromatic nitrogens is 1. The summed E-state index contributed by atoms with van der Waals surface area (Å²) < 4.78 is 0. The van der Waals surface area contributed by atoms with E-state index in [9.17, 15) is 0 Å². The largest absolute Gasteiger partial charge is 0.370 e. The quantitative estimate of drug-likeness (QED) is 0.410. The monoisotopic (exact) mass is 485 g/mol. The molecule has 2 aromatic rings. The van der Waals surface area contributed by atoms with Crippen LogP contribution in [0.3, 0.4) is 0 Å². The van der Waals surface area contributed by atoms with Crippen LogP contribution in [0.25, 0.3) is 0 Å². The lowest BCUT2D eigenvalue weighted by molar-refractivity contribution is 0.380. The van der Waals surface area contributed by atoms with Gasteiger partial charge in [-0.2, -0.15) is 0 Å². The van der Waals surface area contributed by atoms with Crippen LogP contribution in [0.1, 0.15) is 22.3 Å². The highest BCUT2D eigenvalue weighted by Crippen LogP contribution is 2.19. The molecule has 0 bridgehead atoms. The van der Waals surface area contributed by atoms with Crippen molar-refractivity contribution in [2.24, 2.45) is 10.7 Å². The SMILES string of the molecule is Cc1cc(C)c(CCN=C(N)N2CCN(c3nccs3)CC2)c(C)c1.I. The Bertz CT molecular complexity index is 713. The average Bonchev–Trinajstić information content (AvgIpc) is 3.11. The fourth-order valence-corrected chi connectivity index (χ4v) is 4.18. The zero-order valence-electron chi connectivity index (χ0n) is 15.7. The number of guanidine groups is 1. The van der Waals surface area contributed by atoms with E-state index >= 15 is 0 Å². The third-order valence-electron chi connectivity index (χ3n) is 4.77. The molecular formula is C19H28IN5S. The molecule has 0 atom stereocenters. The summed E-state index contributed by atoms with van der Waals surface area (Å²) in [5.74, 6) is 0.668. The van der Waals surface area contributed by atoms with Gasteiger partial charge in [-0.25, -0.2) is 4.98 Å². The number of nitrogens with zero attached hydrogens (tertiary/aromatic N) is 4. The Morgan fingerprint density at radius 3 is 2.38 bits per heavy atom. The molecule has 0 aliphatic carbocycles. The molecule has 142 valence electrons. The van der Waals surface area contributed by atoms with E-state index in [-0.39, 0.29) is 24.0 Å². The van der Waals surface area contributed by atoms with Gasteiger partial charge in [0.2, 0.25) is 0 Å². The van der Waals surface area contributed by atoms with Crippen LogP contribution in [0.5, 0.6) is 0 Å². The number of hydrogen-bond donors (Lipinski definition) is 1. The molecule has 3 rings (SSSR count). The second-order valence-electron chi connectivity index (χ2n) is 6.66. The maximum Gasteiger partial charge on any atom is 0.191 e. The summed E-state index contributed by atoms with van der Waals surface area (Å²) in [5, 5.41) is 3.12. The molecular weight excluding hydrogens is 457 g/mol. The second kappa shape index (κ2) is 9.55. The summed E-state index contributed by atoms with van der Waals surface area (Å²) in [6, 6.07) is 4.49. The molecule has 1 fully saturated rings. The van der Waals surface area contributed by atoms with Crippen molar-refractivity contribution in [3.63, 3.8) is 0 Å². The molecule has 26 heavy (non-hydrogen) atoms. The molecule has 2 heterocycles. The van der Waals surface area contributed by atoms with E-state index in [1.165, 1.54) is 22.3 Å². The molecule has 1 aliphatic rings. The number of halogens is 1. The first kappa shape index (κ1) is 21.0. The number of benzene rings is 1. The number of piperazine rings is 1. The first-order valence-electron chi connectivity index (χ1n) is 8.80. The Kier molecular flexibility index (Phi) is 7.69. The number of anilines is 1. The number of nitrogens with two attached hydrogens (primary N) is 1. The number of thiazole rings is 1. The van der Waals surface area contributed by atoms with Crippen molar-refractivity contribution in [1.29, 1.82) is 0 Å². The topological polar surface area (TPSA) is 57.8 Å². The Labute approximate surface area is 177 Å². The smallest absolute Gasteiger partial charge is 0.191 e. The van der Waals surface area contributed by atoms with E-state index in [0.29, 0.717) is 5.96 Å². The zero-order chi connectivity index (χ0) is 17.8. The third kappa shape index (κ3) is 5.09. The van der Waals surface area contributed by atoms with Gasteiger partial charge >= 0.3 is 0 Å². The van der Waals surface area contributed by atoms with Crippen LogP contribution in [0.2, 0.25) is 0 Å². The first-order chi connectivity index (χ1) is 12.0. The van der Waals surface area contributed by atoms with E-state index in [1.807, 2.05) is 11.6 Å². The molecule has 0 amide bonds. The van der Waals surface area contributed by atoms with Crippen molar-refractivity contribution < 1.29 is 0 Å². The molecule has 1 aromatic carbocycles. The van der Waals surface area contributed by atoms with Gasteiger partial charge < -0.3 is 15.5 Å². The molecule has 1 aliphatic heterocycles. The minimum atomic E-state index is 0. The molecule has 7 heteroatoms. The molecule has 1 aromatic heterocycles. The zero-order valence-corrected chi connectivity index (χ0v) is 18.9. The summed E-state index contributed by atoms with van der Waals surface area (Å²) in [6.45, 7) is 10.9. The average molecular weight is 485 g/mol. The predicted octanol–water partition coefficient (Wildman–Crippen LogP) is 3.37. The second-order valence-corrected chi connectivity index (χ2v) is 7.53. The Morgan fingerprint density at radius 1 is 1.15 bits per heavy atom. The van der Waals surface area contributed by atoms with E-state index in [4.69, 9.17) is 5.73 Å². The van der Waals surface area contributed by atoms with Gasteiger partial charge in [0.1, 0.15) is 0 Å². The number of rotatable bonds is 4. The van der Waals surface area contributed by atoms with E-state index in [2.05, 4.69) is 52.7 Å². The maximum atomic E-state index is 6.22. The molecule has 0 unspecified atom stereocenters. The van der Waals surface area contributed by atoms with Crippen molar-refractivity contribution in [2.75, 3.05) is 37.6 Å². The van der Waals surface area contributed by atoms with Gasteiger partial charge in [-0.05, 0) is 43.9 Å². The fourth-order valence-electron chi connectivity index (χ4n) is 3.49. The normalized spacial score (nSPS) is 15.1. The summed E-state index contributed by atoms with van der Waals surface area (Å²) in [7, 11) is 0. The molecule has 1 saturated heterocycles. The molecule has 0 spiro atoms. The molecule has 2 N–H and O–H groups in total. The van der Waals surface area contributed by atoms with Crippen LogP contribution < -0.4 is 10.6 Å². The summed E-state index contributed by atoms with van der Waals surface area (Å²) >= 11 is 1.69. The fraction of sp³-hybridized carbons (Fsp3) is 0.474. The molecule has 5 nitrogen and oxygen atoms in total. The Hall–Kier alpha value is -1.35. The minimum absolute atomic E-state index is 0. The minimum Gasteiger partial charge on any atom is -0.370 e. The lowest BCUT2D eigenvalue weighted by Gasteiger charge is -2.35. The van der Waals surface area contributed by atoms with Gasteiger partial charge in [-0.15, -0.1) is 35.3 Å². The van der Waals surface area contributed by atoms with E-state index < -0.39 is 0 Å². The maximum absolute atomic E-state index is 6.22. The van der Waals surface area contributed by atoms with E-state index in [1.54, 1.807) is 11.3 Å². The van der Waals surface area contributed by atoms with Crippen LogP contribution in [0.4, 0.5) is 5.13 Å². The molecule has 0 saturated carbocycles. The van der Waals surface area contributed by atoms with Gasteiger partial charge in [0.15, 0.2) is 11.1 Å². The van der Waals surface area contributed by atoms with Crippen molar-refractivity contribution in [3.8, 4) is 0 Å². The highest BCUT2D eigenvalue weighted by atomic mass is 127. The van der Waals surface area contributed by atoms with Crippen LogP contribution in [0, 0.1) is 20.8 Å². The van der Waals surface area contributed by atoms with Crippen LogP contribution in [0.15, 0.2) is 28.7 Å². The number of hydrogen-bond acceptors (Lipinski definition) is 4.